The Morgan fingerprint density at radius 1 is 1.07 bits per heavy atom. The topological polar surface area (TPSA) is 47.6 Å². The van der Waals surface area contributed by atoms with Gasteiger partial charge in [-0.15, -0.1) is 0 Å². The van der Waals surface area contributed by atoms with E-state index in [0.717, 1.165) is 24.3 Å². The summed E-state index contributed by atoms with van der Waals surface area (Å²) in [6, 6.07) is 17.1. The Hall–Kier alpha value is -1.77. The van der Waals surface area contributed by atoms with E-state index >= 15 is 0 Å². The Morgan fingerprint density at radius 2 is 1.76 bits per heavy atom. The number of anilines is 1. The molecule has 0 aliphatic heterocycles. The van der Waals surface area contributed by atoms with Gasteiger partial charge in [0, 0.05) is 5.69 Å². The standard InChI is InChI=1S/C24H34NO3P/c1-5-27-21-14-12-20(13-15-21)25-29(26,22-9-7-6-8-10-22)28-24-17-19(4)11-16-23(24)18(2)3/h6-10,12-15,18-19,23-24H,5,11,16-17H2,1-4H3,(H,25,26). The molecule has 1 N–H and O–H groups in total. The van der Waals surface area contributed by atoms with Crippen molar-refractivity contribution >= 4 is 18.5 Å². The van der Waals surface area contributed by atoms with E-state index in [9.17, 15) is 4.57 Å². The molecule has 4 nitrogen and oxygen atoms in total. The molecular weight excluding hydrogens is 381 g/mol. The zero-order valence-electron chi connectivity index (χ0n) is 18.0. The van der Waals surface area contributed by atoms with Crippen molar-refractivity contribution < 1.29 is 13.8 Å². The van der Waals surface area contributed by atoms with Crippen LogP contribution in [-0.2, 0) is 9.09 Å². The number of rotatable bonds is 8. The quantitative estimate of drug-likeness (QED) is 0.500. The molecule has 1 fully saturated rings. The average Bonchev–Trinajstić information content (AvgIpc) is 2.70. The molecule has 158 valence electrons. The van der Waals surface area contributed by atoms with Gasteiger partial charge in [0.2, 0.25) is 0 Å². The van der Waals surface area contributed by atoms with Crippen LogP contribution in [0.15, 0.2) is 54.6 Å². The molecule has 2 aromatic rings. The summed E-state index contributed by atoms with van der Waals surface area (Å²) in [5, 5.41) is 3.94. The molecule has 1 saturated carbocycles. The van der Waals surface area contributed by atoms with Crippen molar-refractivity contribution in [2.45, 2.75) is 53.1 Å². The van der Waals surface area contributed by atoms with E-state index in [0.29, 0.717) is 29.7 Å². The van der Waals surface area contributed by atoms with Crippen LogP contribution in [0.4, 0.5) is 5.69 Å². The van der Waals surface area contributed by atoms with Crippen molar-refractivity contribution in [1.29, 1.82) is 0 Å². The molecule has 29 heavy (non-hydrogen) atoms. The molecule has 2 aromatic carbocycles. The summed E-state index contributed by atoms with van der Waals surface area (Å²) in [7, 11) is -3.29. The number of benzene rings is 2. The van der Waals surface area contributed by atoms with Gasteiger partial charge in [-0.25, -0.2) is 0 Å². The SMILES string of the molecule is CCOc1ccc(NP(=O)(OC2CC(C)CCC2C(C)C)c2ccccc2)cc1. The van der Waals surface area contributed by atoms with Crippen LogP contribution in [0.25, 0.3) is 0 Å². The van der Waals surface area contributed by atoms with Gasteiger partial charge in [0.15, 0.2) is 0 Å². The van der Waals surface area contributed by atoms with Gasteiger partial charge >= 0.3 is 7.52 Å². The Balaban J connectivity index is 1.88. The zero-order chi connectivity index (χ0) is 20.9. The van der Waals surface area contributed by atoms with Crippen molar-refractivity contribution in [3.05, 3.63) is 54.6 Å². The highest BCUT2D eigenvalue weighted by molar-refractivity contribution is 7.68. The first-order valence-corrected chi connectivity index (χ1v) is 12.4. The molecule has 4 atom stereocenters. The van der Waals surface area contributed by atoms with Gasteiger partial charge in [-0.2, -0.15) is 0 Å². The Labute approximate surface area is 175 Å². The molecule has 0 amide bonds. The minimum absolute atomic E-state index is 0.0139. The number of nitrogens with one attached hydrogen (secondary N) is 1. The van der Waals surface area contributed by atoms with E-state index < -0.39 is 7.52 Å². The van der Waals surface area contributed by atoms with E-state index in [1.807, 2.05) is 61.5 Å². The molecule has 4 unspecified atom stereocenters. The van der Waals surface area contributed by atoms with Crippen molar-refractivity contribution in [2.75, 3.05) is 11.7 Å². The summed E-state index contributed by atoms with van der Waals surface area (Å²) in [5.74, 6) is 2.31. The fourth-order valence-corrected chi connectivity index (χ4v) is 6.15. The molecule has 0 spiro atoms. The monoisotopic (exact) mass is 415 g/mol. The van der Waals surface area contributed by atoms with E-state index in [1.54, 1.807) is 0 Å². The first-order valence-electron chi connectivity index (χ1n) is 10.8. The average molecular weight is 416 g/mol. The van der Waals surface area contributed by atoms with Gasteiger partial charge in [-0.3, -0.25) is 4.57 Å². The lowest BCUT2D eigenvalue weighted by Crippen LogP contribution is -2.35. The molecule has 3 rings (SSSR count). The minimum atomic E-state index is -3.29. The van der Waals surface area contributed by atoms with Crippen LogP contribution < -0.4 is 15.1 Å². The van der Waals surface area contributed by atoms with Crippen LogP contribution in [0.2, 0.25) is 0 Å². The highest BCUT2D eigenvalue weighted by Crippen LogP contribution is 2.51. The second-order valence-electron chi connectivity index (χ2n) is 8.43. The van der Waals surface area contributed by atoms with Crippen LogP contribution in [0.1, 0.15) is 47.0 Å². The fourth-order valence-electron chi connectivity index (χ4n) is 4.16. The zero-order valence-corrected chi connectivity index (χ0v) is 18.9. The maximum Gasteiger partial charge on any atom is 0.324 e. The lowest BCUT2D eigenvalue weighted by molar-refractivity contribution is 0.0506. The summed E-state index contributed by atoms with van der Waals surface area (Å²) in [6.45, 7) is 9.32. The van der Waals surface area contributed by atoms with Crippen LogP contribution >= 0.6 is 7.52 Å². The number of hydrogen-bond donors (Lipinski definition) is 1. The van der Waals surface area contributed by atoms with Crippen molar-refractivity contribution in [1.82, 2.24) is 0 Å². The van der Waals surface area contributed by atoms with Crippen LogP contribution in [0, 0.1) is 17.8 Å². The van der Waals surface area contributed by atoms with Crippen molar-refractivity contribution in [2.24, 2.45) is 17.8 Å². The molecule has 0 bridgehead atoms. The lowest BCUT2D eigenvalue weighted by Gasteiger charge is -2.39. The molecule has 0 aromatic heterocycles. The maximum absolute atomic E-state index is 14.2. The highest BCUT2D eigenvalue weighted by atomic mass is 31.2. The summed E-state index contributed by atoms with van der Waals surface area (Å²) >= 11 is 0. The third kappa shape index (κ3) is 5.65. The third-order valence-electron chi connectivity index (χ3n) is 5.78. The second-order valence-corrected chi connectivity index (χ2v) is 10.5. The second kappa shape index (κ2) is 9.82. The fraction of sp³-hybridized carbons (Fsp3) is 0.500. The lowest BCUT2D eigenvalue weighted by atomic mass is 9.75. The van der Waals surface area contributed by atoms with Gasteiger partial charge in [-0.1, -0.05) is 45.4 Å². The van der Waals surface area contributed by atoms with Gasteiger partial charge < -0.3 is 14.3 Å². The van der Waals surface area contributed by atoms with E-state index in [1.165, 1.54) is 6.42 Å². The van der Waals surface area contributed by atoms with Gasteiger partial charge in [0.1, 0.15) is 5.75 Å². The smallest absolute Gasteiger partial charge is 0.324 e. The molecule has 5 heteroatoms. The van der Waals surface area contributed by atoms with Gasteiger partial charge in [0.05, 0.1) is 18.0 Å². The third-order valence-corrected chi connectivity index (χ3v) is 7.88. The molecular formula is C24H34NO3P. The number of hydrogen-bond acceptors (Lipinski definition) is 3. The molecule has 1 aliphatic carbocycles. The largest absolute Gasteiger partial charge is 0.494 e. The maximum atomic E-state index is 14.2. The predicted octanol–water partition coefficient (Wildman–Crippen LogP) is 6.49. The summed E-state index contributed by atoms with van der Waals surface area (Å²) in [5.41, 5.74) is 0.769. The molecule has 0 radical (unpaired) electrons. The van der Waals surface area contributed by atoms with E-state index in [4.69, 9.17) is 9.26 Å². The first kappa shape index (κ1) is 21.9. The normalized spacial score (nSPS) is 24.1. The van der Waals surface area contributed by atoms with Crippen molar-refractivity contribution in [3.8, 4) is 5.75 Å². The van der Waals surface area contributed by atoms with Gasteiger partial charge in [0.25, 0.3) is 0 Å². The Kier molecular flexibility index (Phi) is 7.43. The van der Waals surface area contributed by atoms with Crippen LogP contribution in [0.5, 0.6) is 5.75 Å². The van der Waals surface area contributed by atoms with Crippen molar-refractivity contribution in [3.63, 3.8) is 0 Å². The number of ether oxygens (including phenoxy) is 1. The molecule has 0 heterocycles. The van der Waals surface area contributed by atoms with E-state index in [-0.39, 0.29) is 6.10 Å². The Morgan fingerprint density at radius 3 is 2.38 bits per heavy atom. The van der Waals surface area contributed by atoms with Crippen LogP contribution in [-0.4, -0.2) is 12.7 Å². The predicted molar refractivity (Wildman–Crippen MR) is 121 cm³/mol. The first-order chi connectivity index (χ1) is 13.9. The van der Waals surface area contributed by atoms with Crippen LogP contribution in [0.3, 0.4) is 0 Å². The minimum Gasteiger partial charge on any atom is -0.494 e. The van der Waals surface area contributed by atoms with E-state index in [2.05, 4.69) is 25.9 Å². The highest BCUT2D eigenvalue weighted by Gasteiger charge is 2.38. The summed E-state index contributed by atoms with van der Waals surface area (Å²) in [6.07, 6.45) is 3.27. The Bertz CT molecular complexity index is 807. The summed E-state index contributed by atoms with van der Waals surface area (Å²) in [4.78, 5) is 0. The van der Waals surface area contributed by atoms with Gasteiger partial charge in [-0.05, 0) is 73.9 Å². The molecule has 1 aliphatic rings. The summed E-state index contributed by atoms with van der Waals surface area (Å²) < 4.78 is 26.2. The molecule has 0 saturated heterocycles.